The van der Waals surface area contributed by atoms with E-state index in [1.165, 1.54) is 6.07 Å². The van der Waals surface area contributed by atoms with E-state index >= 15 is 0 Å². The first kappa shape index (κ1) is 17.0. The molecule has 4 N–H and O–H groups in total. The van der Waals surface area contributed by atoms with Crippen molar-refractivity contribution < 1.29 is 9.21 Å². The smallest absolute Gasteiger partial charge is 0.259 e. The number of nitrogens with two attached hydrogens (primary N) is 1. The number of hydrogen-bond acceptors (Lipinski definition) is 5. The van der Waals surface area contributed by atoms with Crippen molar-refractivity contribution in [3.63, 3.8) is 0 Å². The van der Waals surface area contributed by atoms with Gasteiger partial charge in [0, 0.05) is 28.6 Å². The van der Waals surface area contributed by atoms with Crippen LogP contribution < -0.4 is 11.1 Å². The second kappa shape index (κ2) is 6.95. The van der Waals surface area contributed by atoms with Gasteiger partial charge in [0.05, 0.1) is 11.3 Å². The highest BCUT2D eigenvalue weighted by molar-refractivity contribution is 6.15. The summed E-state index contributed by atoms with van der Waals surface area (Å²) in [6.07, 6.45) is 0. The van der Waals surface area contributed by atoms with Gasteiger partial charge in [-0.2, -0.15) is 5.26 Å². The van der Waals surface area contributed by atoms with Crippen molar-refractivity contribution in [1.29, 1.82) is 10.7 Å². The van der Waals surface area contributed by atoms with E-state index in [1.54, 1.807) is 25.1 Å². The summed E-state index contributed by atoms with van der Waals surface area (Å²) in [6.45, 7) is 1.62. The summed E-state index contributed by atoms with van der Waals surface area (Å²) < 4.78 is 5.19. The summed E-state index contributed by atoms with van der Waals surface area (Å²) in [4.78, 5) is 12.4. The lowest BCUT2D eigenvalue weighted by molar-refractivity contribution is 0.102. The maximum Gasteiger partial charge on any atom is 0.259 e. The molecule has 3 aromatic rings. The molecule has 0 fully saturated rings. The van der Waals surface area contributed by atoms with Gasteiger partial charge in [0.15, 0.2) is 0 Å². The minimum Gasteiger partial charge on any atom is -0.450 e. The van der Waals surface area contributed by atoms with Crippen molar-refractivity contribution in [3.8, 4) is 6.07 Å². The first-order valence-corrected chi connectivity index (χ1v) is 7.85. The average Bonchev–Trinajstić information content (AvgIpc) is 3.04. The Balaban J connectivity index is 1.88. The zero-order valence-electron chi connectivity index (χ0n) is 14.0. The third-order valence-corrected chi connectivity index (χ3v) is 3.92. The minimum atomic E-state index is -0.394. The Morgan fingerprint density at radius 2 is 1.88 bits per heavy atom. The number of nitrogens with one attached hydrogen (secondary N) is 2. The van der Waals surface area contributed by atoms with E-state index in [9.17, 15) is 4.79 Å². The highest BCUT2D eigenvalue weighted by Crippen LogP contribution is 2.22. The number of furan rings is 1. The van der Waals surface area contributed by atoms with Gasteiger partial charge in [0.25, 0.3) is 5.91 Å². The van der Waals surface area contributed by atoms with Crippen LogP contribution in [0.3, 0.4) is 0 Å². The summed E-state index contributed by atoms with van der Waals surface area (Å²) in [5, 5.41) is 20.0. The number of nitriles is 1. The highest BCUT2D eigenvalue weighted by Gasteiger charge is 2.16. The molecule has 0 spiro atoms. The van der Waals surface area contributed by atoms with Gasteiger partial charge in [-0.05, 0) is 25.1 Å². The number of carbonyl (C=O) groups is 1. The van der Waals surface area contributed by atoms with E-state index in [-0.39, 0.29) is 17.0 Å². The number of rotatable bonds is 4. The fraction of sp³-hybridized carbons (Fsp3) is 0.0500. The molecule has 6 nitrogen and oxygen atoms in total. The van der Waals surface area contributed by atoms with Gasteiger partial charge in [-0.3, -0.25) is 10.2 Å². The molecule has 26 heavy (non-hydrogen) atoms. The molecule has 128 valence electrons. The standard InChI is InChI=1S/C20H16N4O2/c1-12-16(10-15(11-21)26-12)20(25)24-14-7-8-18(22)17(9-14)19(23)13-5-3-2-4-6-13/h2-10,23H,22H2,1H3,(H,24,25). The molecule has 0 aliphatic carbocycles. The molecular formula is C20H16N4O2. The molecule has 0 aliphatic heterocycles. The topological polar surface area (TPSA) is 116 Å². The van der Waals surface area contributed by atoms with E-state index < -0.39 is 5.91 Å². The summed E-state index contributed by atoms with van der Waals surface area (Å²) in [7, 11) is 0. The van der Waals surface area contributed by atoms with Gasteiger partial charge >= 0.3 is 0 Å². The Kier molecular flexibility index (Phi) is 4.54. The molecule has 1 aromatic heterocycles. The number of aryl methyl sites for hydroxylation is 1. The normalized spacial score (nSPS) is 10.2. The number of amides is 1. The van der Waals surface area contributed by atoms with Crippen molar-refractivity contribution in [3.05, 3.63) is 82.8 Å². The average molecular weight is 344 g/mol. The van der Waals surface area contributed by atoms with Crippen LogP contribution in [0.25, 0.3) is 0 Å². The maximum atomic E-state index is 12.4. The molecule has 6 heteroatoms. The first-order chi connectivity index (χ1) is 12.5. The Bertz CT molecular complexity index is 1030. The molecule has 0 aliphatic rings. The zero-order valence-corrected chi connectivity index (χ0v) is 14.0. The fourth-order valence-corrected chi connectivity index (χ4v) is 2.57. The number of anilines is 2. The second-order valence-corrected chi connectivity index (χ2v) is 5.69. The Labute approximate surface area is 150 Å². The number of carbonyl (C=O) groups excluding carboxylic acids is 1. The maximum absolute atomic E-state index is 12.4. The molecule has 0 atom stereocenters. The van der Waals surface area contributed by atoms with Crippen molar-refractivity contribution in [2.24, 2.45) is 0 Å². The molecule has 0 radical (unpaired) electrons. The predicted octanol–water partition coefficient (Wildman–Crippen LogP) is 3.71. The molecule has 0 saturated heterocycles. The SMILES string of the molecule is Cc1oc(C#N)cc1C(=O)Nc1ccc(N)c(C(=N)c2ccccc2)c1. The summed E-state index contributed by atoms with van der Waals surface area (Å²) in [5.41, 5.74) is 8.77. The summed E-state index contributed by atoms with van der Waals surface area (Å²) in [5.74, 6) is 0.0537. The summed E-state index contributed by atoms with van der Waals surface area (Å²) in [6, 6.07) is 17.4. The van der Waals surface area contributed by atoms with Crippen LogP contribution in [0.5, 0.6) is 0 Å². The van der Waals surface area contributed by atoms with Crippen LogP contribution in [0.1, 0.15) is 33.0 Å². The van der Waals surface area contributed by atoms with Crippen LogP contribution in [0, 0.1) is 23.7 Å². The Hall–Kier alpha value is -3.85. The van der Waals surface area contributed by atoms with Gasteiger partial charge in [-0.1, -0.05) is 30.3 Å². The van der Waals surface area contributed by atoms with Crippen molar-refractivity contribution in [2.75, 3.05) is 11.1 Å². The molecular weight excluding hydrogens is 328 g/mol. The fourth-order valence-electron chi connectivity index (χ4n) is 2.57. The van der Waals surface area contributed by atoms with Gasteiger partial charge in [0.2, 0.25) is 5.76 Å². The predicted molar refractivity (Wildman–Crippen MR) is 99.3 cm³/mol. The molecule has 0 unspecified atom stereocenters. The van der Waals surface area contributed by atoms with Crippen LogP contribution in [0.2, 0.25) is 0 Å². The Morgan fingerprint density at radius 3 is 2.54 bits per heavy atom. The third-order valence-electron chi connectivity index (χ3n) is 3.92. The van der Waals surface area contributed by atoms with Crippen LogP contribution in [-0.4, -0.2) is 11.6 Å². The molecule has 0 bridgehead atoms. The zero-order chi connectivity index (χ0) is 18.7. The van der Waals surface area contributed by atoms with Gasteiger partial charge in [-0.25, -0.2) is 0 Å². The molecule has 1 heterocycles. The van der Waals surface area contributed by atoms with E-state index in [1.807, 2.05) is 36.4 Å². The van der Waals surface area contributed by atoms with E-state index in [2.05, 4.69) is 5.32 Å². The number of hydrogen-bond donors (Lipinski definition) is 3. The Morgan fingerprint density at radius 1 is 1.15 bits per heavy atom. The van der Waals surface area contributed by atoms with Gasteiger partial charge < -0.3 is 15.5 Å². The van der Waals surface area contributed by atoms with Crippen molar-refractivity contribution in [2.45, 2.75) is 6.92 Å². The van der Waals surface area contributed by atoms with E-state index in [0.717, 1.165) is 5.56 Å². The largest absolute Gasteiger partial charge is 0.450 e. The molecule has 0 saturated carbocycles. The van der Waals surface area contributed by atoms with Crippen molar-refractivity contribution in [1.82, 2.24) is 0 Å². The lowest BCUT2D eigenvalue weighted by atomic mass is 10.0. The quantitative estimate of drug-likeness (QED) is 0.494. The van der Waals surface area contributed by atoms with Crippen molar-refractivity contribution >= 4 is 23.0 Å². The van der Waals surface area contributed by atoms with Crippen LogP contribution in [0.15, 0.2) is 59.0 Å². The molecule has 2 aromatic carbocycles. The monoisotopic (exact) mass is 344 g/mol. The number of nitrogens with zero attached hydrogens (tertiary/aromatic N) is 1. The van der Waals surface area contributed by atoms with Gasteiger partial charge in [0.1, 0.15) is 11.8 Å². The lowest BCUT2D eigenvalue weighted by Crippen LogP contribution is -2.13. The van der Waals surface area contributed by atoms with Gasteiger partial charge in [-0.15, -0.1) is 0 Å². The number of benzene rings is 2. The highest BCUT2D eigenvalue weighted by atomic mass is 16.3. The third kappa shape index (κ3) is 3.32. The van der Waals surface area contributed by atoms with Crippen LogP contribution in [0.4, 0.5) is 11.4 Å². The van der Waals surface area contributed by atoms with Crippen LogP contribution in [-0.2, 0) is 0 Å². The minimum absolute atomic E-state index is 0.0801. The number of nitrogen functional groups attached to an aromatic ring is 1. The van der Waals surface area contributed by atoms with Crippen LogP contribution >= 0.6 is 0 Å². The van der Waals surface area contributed by atoms with E-state index in [0.29, 0.717) is 22.7 Å². The van der Waals surface area contributed by atoms with E-state index in [4.69, 9.17) is 20.8 Å². The molecule has 3 rings (SSSR count). The second-order valence-electron chi connectivity index (χ2n) is 5.69. The lowest BCUT2D eigenvalue weighted by Gasteiger charge is -2.11. The first-order valence-electron chi connectivity index (χ1n) is 7.85. The summed E-state index contributed by atoms with van der Waals surface area (Å²) >= 11 is 0. The molecule has 1 amide bonds.